The summed E-state index contributed by atoms with van der Waals surface area (Å²) in [6, 6.07) is 12.5. The minimum absolute atomic E-state index is 0.154. The Morgan fingerprint density at radius 2 is 1.76 bits per heavy atom. The van der Waals surface area contributed by atoms with Crippen LogP contribution in [-0.4, -0.2) is 31.2 Å². The molecule has 3 heterocycles. The predicted octanol–water partition coefficient (Wildman–Crippen LogP) is 6.62. The zero-order chi connectivity index (χ0) is 30.3. The van der Waals surface area contributed by atoms with Gasteiger partial charge >= 0.3 is 11.9 Å². The molecule has 4 rings (SSSR count). The standard InChI is InChI=1S/C14H15N2O2P.C13H10ClF4N2OP/c1-11-5-4-8-16-14(11)18-10-13(19)17-9-12-6-2-3-7-15-12;1-6-3-9(8(15)4-7(6)14)20-11(22)5-10(13(16,17)18)19(2)12(20)21/h2-8,19H,9-10H2,1H3;3-5,22H,1-2H3. The summed E-state index contributed by atoms with van der Waals surface area (Å²) in [6.45, 7) is 4.25. The maximum absolute atomic E-state index is 14.0. The lowest BCUT2D eigenvalue weighted by Gasteiger charge is -2.16. The van der Waals surface area contributed by atoms with Crippen molar-refractivity contribution in [2.45, 2.75) is 26.6 Å². The first-order valence-corrected chi connectivity index (χ1v) is 13.2. The monoisotopic (exact) mass is 626 g/mol. The zero-order valence-electron chi connectivity index (χ0n) is 22.1. The maximum atomic E-state index is 14.0. The summed E-state index contributed by atoms with van der Waals surface area (Å²) >= 11 is 5.78. The Kier molecular flexibility index (Phi) is 11.0. The third-order valence-corrected chi connectivity index (χ3v) is 6.60. The number of aromatic nitrogens is 4. The SMILES string of the molecule is Cc1cc(-n2c(=P)cc(C(F)(F)F)n(C)c2=O)c(F)cc1Cl.Cc1cccnc1OCC(=P)OCc1ccccn1. The van der Waals surface area contributed by atoms with E-state index in [0.29, 0.717) is 40.8 Å². The van der Waals surface area contributed by atoms with E-state index in [4.69, 9.17) is 21.1 Å². The minimum atomic E-state index is -4.71. The summed E-state index contributed by atoms with van der Waals surface area (Å²) in [6.07, 6.45) is -1.27. The second kappa shape index (κ2) is 14.0. The molecule has 0 spiro atoms. The zero-order valence-corrected chi connectivity index (χ0v) is 24.8. The summed E-state index contributed by atoms with van der Waals surface area (Å²) < 4.78 is 64.9. The van der Waals surface area contributed by atoms with Crippen molar-refractivity contribution >= 4 is 34.8 Å². The lowest BCUT2D eigenvalue weighted by Crippen LogP contribution is -2.33. The molecule has 0 saturated heterocycles. The number of benzene rings is 1. The second-order valence-corrected chi connectivity index (χ2v) is 10.1. The van der Waals surface area contributed by atoms with Crippen molar-refractivity contribution in [1.29, 1.82) is 0 Å². The molecule has 1 aromatic carbocycles. The van der Waals surface area contributed by atoms with Gasteiger partial charge in [0.2, 0.25) is 5.88 Å². The van der Waals surface area contributed by atoms with Gasteiger partial charge in [-0.15, -0.1) is 0 Å². The van der Waals surface area contributed by atoms with Crippen LogP contribution in [0.2, 0.25) is 5.02 Å². The van der Waals surface area contributed by atoms with Crippen LogP contribution in [-0.2, 0) is 24.6 Å². The van der Waals surface area contributed by atoms with Gasteiger partial charge in [0.15, 0.2) is 0 Å². The third kappa shape index (κ3) is 8.57. The molecule has 216 valence electrons. The number of pyridine rings is 2. The fourth-order valence-corrected chi connectivity index (χ4v) is 4.06. The van der Waals surface area contributed by atoms with Crippen LogP contribution in [0.4, 0.5) is 17.6 Å². The van der Waals surface area contributed by atoms with Crippen LogP contribution in [0, 0.1) is 24.7 Å². The molecule has 0 amide bonds. The molecule has 0 fully saturated rings. The first-order valence-electron chi connectivity index (χ1n) is 11.8. The van der Waals surface area contributed by atoms with E-state index in [0.717, 1.165) is 28.9 Å². The molecule has 0 radical (unpaired) electrons. The van der Waals surface area contributed by atoms with Crippen LogP contribution >= 0.6 is 29.3 Å². The molecule has 0 aliphatic rings. The molecular formula is C27H25ClF4N4O3P2. The number of hydrogen-bond acceptors (Lipinski definition) is 5. The Morgan fingerprint density at radius 3 is 2.39 bits per heavy atom. The molecule has 0 saturated carbocycles. The molecule has 0 N–H and O–H groups in total. The Labute approximate surface area is 242 Å². The van der Waals surface area contributed by atoms with E-state index in [2.05, 4.69) is 27.7 Å². The number of halogens is 5. The van der Waals surface area contributed by atoms with Gasteiger partial charge in [0.25, 0.3) is 0 Å². The van der Waals surface area contributed by atoms with E-state index >= 15 is 0 Å². The summed E-state index contributed by atoms with van der Waals surface area (Å²) in [5.74, 6) is -0.211. The predicted molar refractivity (Wildman–Crippen MR) is 154 cm³/mol. The normalized spacial score (nSPS) is 11.0. The van der Waals surface area contributed by atoms with E-state index < -0.39 is 23.4 Å². The highest BCUT2D eigenvalue weighted by atomic mass is 35.5. The molecule has 0 atom stereocenters. The average molecular weight is 627 g/mol. The third-order valence-electron chi connectivity index (χ3n) is 5.54. The highest BCUT2D eigenvalue weighted by molar-refractivity contribution is 7.20. The summed E-state index contributed by atoms with van der Waals surface area (Å²) in [4.78, 5) is 20.5. The first kappa shape index (κ1) is 32.2. The molecule has 4 aromatic rings. The number of hydrogen-bond donors (Lipinski definition) is 0. The molecule has 0 aliphatic carbocycles. The second-order valence-electron chi connectivity index (χ2n) is 8.59. The first-order chi connectivity index (χ1) is 19.3. The van der Waals surface area contributed by atoms with Crippen molar-refractivity contribution in [3.8, 4) is 11.6 Å². The van der Waals surface area contributed by atoms with Gasteiger partial charge in [0.05, 0.1) is 23.1 Å². The summed E-state index contributed by atoms with van der Waals surface area (Å²) in [7, 11) is 7.30. The van der Waals surface area contributed by atoms with Gasteiger partial charge < -0.3 is 9.47 Å². The van der Waals surface area contributed by atoms with E-state index in [1.165, 1.54) is 6.07 Å². The van der Waals surface area contributed by atoms with Gasteiger partial charge in [-0.2, -0.15) is 13.2 Å². The van der Waals surface area contributed by atoms with Crippen LogP contribution in [0.1, 0.15) is 22.5 Å². The Balaban J connectivity index is 0.000000228. The Hall–Kier alpha value is -3.36. The smallest absolute Gasteiger partial charge is 0.431 e. The fraction of sp³-hybridized carbons (Fsp3) is 0.222. The van der Waals surface area contributed by atoms with Crippen molar-refractivity contribution in [2.24, 2.45) is 7.05 Å². The minimum Gasteiger partial charge on any atom is -0.470 e. The van der Waals surface area contributed by atoms with Gasteiger partial charge in [-0.1, -0.05) is 41.5 Å². The summed E-state index contributed by atoms with van der Waals surface area (Å²) in [5, 5.41) is -0.0721. The van der Waals surface area contributed by atoms with Crippen LogP contribution < -0.4 is 10.4 Å². The molecule has 0 unspecified atom stereocenters. The van der Waals surface area contributed by atoms with Crippen molar-refractivity contribution < 1.29 is 27.0 Å². The molecular weight excluding hydrogens is 602 g/mol. The lowest BCUT2D eigenvalue weighted by atomic mass is 10.2. The van der Waals surface area contributed by atoms with Crippen LogP contribution in [0.3, 0.4) is 0 Å². The average Bonchev–Trinajstić information content (AvgIpc) is 2.92. The molecule has 7 nitrogen and oxygen atoms in total. The Bertz CT molecular complexity index is 1660. The molecule has 0 aliphatic heterocycles. The number of rotatable bonds is 7. The largest absolute Gasteiger partial charge is 0.470 e. The van der Waals surface area contributed by atoms with Gasteiger partial charge in [-0.25, -0.2) is 14.2 Å². The molecule has 0 bridgehead atoms. The topological polar surface area (TPSA) is 71.2 Å². The number of nitrogens with zero attached hydrogens (tertiary/aromatic N) is 4. The molecule has 41 heavy (non-hydrogen) atoms. The number of ether oxygens (including phenoxy) is 2. The van der Waals surface area contributed by atoms with Gasteiger partial charge in [0, 0.05) is 30.0 Å². The van der Waals surface area contributed by atoms with Crippen LogP contribution in [0.25, 0.3) is 5.69 Å². The van der Waals surface area contributed by atoms with Crippen molar-refractivity contribution in [2.75, 3.05) is 6.61 Å². The Morgan fingerprint density at radius 1 is 1.05 bits per heavy atom. The van der Waals surface area contributed by atoms with E-state index in [1.807, 2.05) is 37.3 Å². The van der Waals surface area contributed by atoms with Crippen LogP contribution in [0.15, 0.2) is 65.7 Å². The fourth-order valence-electron chi connectivity index (χ4n) is 3.41. The van der Waals surface area contributed by atoms with Gasteiger partial charge in [-0.3, -0.25) is 14.1 Å². The van der Waals surface area contributed by atoms with E-state index in [1.54, 1.807) is 19.3 Å². The van der Waals surface area contributed by atoms with Crippen molar-refractivity contribution in [3.05, 3.63) is 110 Å². The van der Waals surface area contributed by atoms with Gasteiger partial charge in [0.1, 0.15) is 23.6 Å². The van der Waals surface area contributed by atoms with Crippen LogP contribution in [0.5, 0.6) is 5.88 Å². The maximum Gasteiger partial charge on any atom is 0.431 e. The number of aryl methyl sites for hydroxylation is 2. The molecule has 14 heteroatoms. The van der Waals surface area contributed by atoms with E-state index in [9.17, 15) is 22.4 Å². The highest BCUT2D eigenvalue weighted by Gasteiger charge is 2.34. The van der Waals surface area contributed by atoms with Crippen molar-refractivity contribution in [1.82, 2.24) is 19.1 Å². The quantitative estimate of drug-likeness (QED) is 0.170. The number of alkyl halides is 3. The lowest BCUT2D eigenvalue weighted by molar-refractivity contribution is -0.144. The van der Waals surface area contributed by atoms with E-state index in [-0.39, 0.29) is 15.8 Å². The van der Waals surface area contributed by atoms with Gasteiger partial charge in [-0.05, 0) is 55.8 Å². The highest BCUT2D eigenvalue weighted by Crippen LogP contribution is 2.29. The molecule has 3 aromatic heterocycles. The summed E-state index contributed by atoms with van der Waals surface area (Å²) in [5.41, 5.74) is 0.569. The van der Waals surface area contributed by atoms with Crippen molar-refractivity contribution in [3.63, 3.8) is 0 Å².